The van der Waals surface area contributed by atoms with Gasteiger partial charge in [0.2, 0.25) is 5.91 Å². The average Bonchev–Trinajstić information content (AvgIpc) is 2.63. The van der Waals surface area contributed by atoms with Crippen molar-refractivity contribution in [1.82, 2.24) is 4.90 Å². The molecule has 1 heterocycles. The van der Waals surface area contributed by atoms with Gasteiger partial charge in [-0.1, -0.05) is 42.5 Å². The molecule has 1 aliphatic heterocycles. The maximum Gasteiger partial charge on any atom is 0.228 e. The SMILES string of the molecule is CC(=O)c1cccc(NC(=O)[C@H]2CCCN(Cc3ccccc3)C2)c1. The second-order valence-electron chi connectivity index (χ2n) is 6.69. The van der Waals surface area contributed by atoms with E-state index < -0.39 is 0 Å². The van der Waals surface area contributed by atoms with Crippen LogP contribution in [0.25, 0.3) is 0 Å². The van der Waals surface area contributed by atoms with E-state index in [9.17, 15) is 9.59 Å². The molecule has 1 aliphatic rings. The first-order valence-electron chi connectivity index (χ1n) is 8.80. The van der Waals surface area contributed by atoms with Crippen LogP contribution >= 0.6 is 0 Å². The molecule has 0 aromatic heterocycles. The summed E-state index contributed by atoms with van der Waals surface area (Å²) >= 11 is 0. The first-order chi connectivity index (χ1) is 12.1. The zero-order chi connectivity index (χ0) is 17.6. The van der Waals surface area contributed by atoms with Crippen molar-refractivity contribution in [2.24, 2.45) is 5.92 Å². The number of amides is 1. The van der Waals surface area contributed by atoms with E-state index in [1.165, 1.54) is 12.5 Å². The number of ketones is 1. The third-order valence-corrected chi connectivity index (χ3v) is 4.66. The van der Waals surface area contributed by atoms with Crippen molar-refractivity contribution in [1.29, 1.82) is 0 Å². The van der Waals surface area contributed by atoms with Crippen LogP contribution in [-0.2, 0) is 11.3 Å². The largest absolute Gasteiger partial charge is 0.326 e. The highest BCUT2D eigenvalue weighted by Gasteiger charge is 2.25. The number of hydrogen-bond donors (Lipinski definition) is 1. The Morgan fingerprint density at radius 1 is 1.12 bits per heavy atom. The van der Waals surface area contributed by atoms with Crippen LogP contribution in [0.4, 0.5) is 5.69 Å². The number of benzene rings is 2. The lowest BCUT2D eigenvalue weighted by atomic mass is 9.96. The first-order valence-corrected chi connectivity index (χ1v) is 8.80. The standard InChI is InChI=1S/C21H24N2O2/c1-16(24)18-9-5-11-20(13-18)22-21(25)19-10-6-12-23(15-19)14-17-7-3-2-4-8-17/h2-5,7-9,11,13,19H,6,10,12,14-15H2,1H3,(H,22,25)/t19-/m0/s1. The summed E-state index contributed by atoms with van der Waals surface area (Å²) in [5, 5.41) is 2.97. The number of carbonyl (C=O) groups is 2. The molecule has 0 radical (unpaired) electrons. The van der Waals surface area contributed by atoms with Crippen LogP contribution in [-0.4, -0.2) is 29.7 Å². The number of hydrogen-bond acceptors (Lipinski definition) is 3. The van der Waals surface area contributed by atoms with Crippen molar-refractivity contribution >= 4 is 17.4 Å². The Hall–Kier alpha value is -2.46. The van der Waals surface area contributed by atoms with Gasteiger partial charge in [0.05, 0.1) is 5.92 Å². The Balaban J connectivity index is 1.60. The lowest BCUT2D eigenvalue weighted by Crippen LogP contribution is -2.40. The van der Waals surface area contributed by atoms with Crippen molar-refractivity contribution in [3.63, 3.8) is 0 Å². The molecule has 1 fully saturated rings. The molecule has 3 rings (SSSR count). The second-order valence-corrected chi connectivity index (χ2v) is 6.69. The highest BCUT2D eigenvalue weighted by atomic mass is 16.2. The van der Waals surface area contributed by atoms with Crippen LogP contribution < -0.4 is 5.32 Å². The fourth-order valence-corrected chi connectivity index (χ4v) is 3.32. The molecule has 0 saturated carbocycles. The summed E-state index contributed by atoms with van der Waals surface area (Å²) in [5.41, 5.74) is 2.59. The number of anilines is 1. The molecule has 2 aromatic carbocycles. The zero-order valence-electron chi connectivity index (χ0n) is 14.6. The Kier molecular flexibility index (Phi) is 5.61. The maximum absolute atomic E-state index is 12.6. The number of nitrogens with one attached hydrogen (secondary N) is 1. The van der Waals surface area contributed by atoms with Gasteiger partial charge in [-0.3, -0.25) is 14.5 Å². The molecular formula is C21H24N2O2. The van der Waals surface area contributed by atoms with Crippen molar-refractivity contribution in [2.75, 3.05) is 18.4 Å². The summed E-state index contributed by atoms with van der Waals surface area (Å²) in [6, 6.07) is 17.5. The number of carbonyl (C=O) groups excluding carboxylic acids is 2. The number of likely N-dealkylation sites (tertiary alicyclic amines) is 1. The van der Waals surface area contributed by atoms with Gasteiger partial charge in [0.25, 0.3) is 0 Å². The quantitative estimate of drug-likeness (QED) is 0.846. The molecule has 1 saturated heterocycles. The predicted molar refractivity (Wildman–Crippen MR) is 99.5 cm³/mol. The van der Waals surface area contributed by atoms with Gasteiger partial charge in [-0.05, 0) is 44.0 Å². The fraction of sp³-hybridized carbons (Fsp3) is 0.333. The third kappa shape index (κ3) is 4.77. The molecule has 1 N–H and O–H groups in total. The van der Waals surface area contributed by atoms with Crippen molar-refractivity contribution in [2.45, 2.75) is 26.3 Å². The van der Waals surface area contributed by atoms with Crippen molar-refractivity contribution in [3.05, 3.63) is 65.7 Å². The molecule has 1 amide bonds. The Morgan fingerprint density at radius 2 is 1.92 bits per heavy atom. The minimum Gasteiger partial charge on any atom is -0.326 e. The average molecular weight is 336 g/mol. The number of rotatable bonds is 5. The summed E-state index contributed by atoms with van der Waals surface area (Å²) in [5.74, 6) is 0.0275. The Labute approximate surface area is 148 Å². The van der Waals surface area contributed by atoms with Crippen LogP contribution in [0.3, 0.4) is 0 Å². The van der Waals surface area contributed by atoms with Crippen LogP contribution in [0.2, 0.25) is 0 Å². The summed E-state index contributed by atoms with van der Waals surface area (Å²) in [6.45, 7) is 4.21. The van der Waals surface area contributed by atoms with E-state index in [1.54, 1.807) is 18.2 Å². The van der Waals surface area contributed by atoms with E-state index in [2.05, 4.69) is 22.3 Å². The highest BCUT2D eigenvalue weighted by Crippen LogP contribution is 2.21. The minimum absolute atomic E-state index is 0.00259. The van der Waals surface area contributed by atoms with Gasteiger partial charge in [-0.2, -0.15) is 0 Å². The summed E-state index contributed by atoms with van der Waals surface area (Å²) in [4.78, 5) is 26.4. The highest BCUT2D eigenvalue weighted by molar-refractivity contribution is 5.97. The van der Waals surface area contributed by atoms with Crippen LogP contribution in [0.5, 0.6) is 0 Å². The van der Waals surface area contributed by atoms with Crippen LogP contribution in [0.1, 0.15) is 35.7 Å². The Morgan fingerprint density at radius 3 is 2.68 bits per heavy atom. The minimum atomic E-state index is -0.0153. The summed E-state index contributed by atoms with van der Waals surface area (Å²) in [6.07, 6.45) is 1.93. The van der Waals surface area contributed by atoms with E-state index in [0.29, 0.717) is 11.3 Å². The number of nitrogens with zero attached hydrogens (tertiary/aromatic N) is 1. The maximum atomic E-state index is 12.6. The normalized spacial score (nSPS) is 17.9. The fourth-order valence-electron chi connectivity index (χ4n) is 3.32. The number of piperidine rings is 1. The van der Waals surface area contributed by atoms with Crippen molar-refractivity contribution < 1.29 is 9.59 Å². The topological polar surface area (TPSA) is 49.4 Å². The van der Waals surface area contributed by atoms with E-state index >= 15 is 0 Å². The van der Waals surface area contributed by atoms with Crippen LogP contribution in [0.15, 0.2) is 54.6 Å². The molecule has 0 bridgehead atoms. The van der Waals surface area contributed by atoms with Crippen LogP contribution in [0, 0.1) is 5.92 Å². The number of Topliss-reactive ketones (excluding diaryl/α,β-unsaturated/α-hetero) is 1. The van der Waals surface area contributed by atoms with E-state index in [1.807, 2.05) is 24.3 Å². The van der Waals surface area contributed by atoms with Gasteiger partial charge in [0.15, 0.2) is 5.78 Å². The van der Waals surface area contributed by atoms with Gasteiger partial charge >= 0.3 is 0 Å². The molecule has 4 nitrogen and oxygen atoms in total. The predicted octanol–water partition coefficient (Wildman–Crippen LogP) is 3.74. The van der Waals surface area contributed by atoms with E-state index in [0.717, 1.165) is 32.5 Å². The summed E-state index contributed by atoms with van der Waals surface area (Å²) < 4.78 is 0. The monoisotopic (exact) mass is 336 g/mol. The van der Waals surface area contributed by atoms with Gasteiger partial charge in [0.1, 0.15) is 0 Å². The van der Waals surface area contributed by atoms with E-state index in [-0.39, 0.29) is 17.6 Å². The van der Waals surface area contributed by atoms with Gasteiger partial charge < -0.3 is 5.32 Å². The lowest BCUT2D eigenvalue weighted by Gasteiger charge is -2.32. The van der Waals surface area contributed by atoms with Crippen molar-refractivity contribution in [3.8, 4) is 0 Å². The molecule has 0 aliphatic carbocycles. The van der Waals surface area contributed by atoms with E-state index in [4.69, 9.17) is 0 Å². The lowest BCUT2D eigenvalue weighted by molar-refractivity contribution is -0.121. The summed E-state index contributed by atoms with van der Waals surface area (Å²) in [7, 11) is 0. The first kappa shape index (κ1) is 17.4. The molecule has 1 atom stereocenters. The molecule has 130 valence electrons. The van der Waals surface area contributed by atoms with Gasteiger partial charge in [-0.25, -0.2) is 0 Å². The van der Waals surface area contributed by atoms with Gasteiger partial charge in [0, 0.05) is 24.3 Å². The molecular weight excluding hydrogens is 312 g/mol. The molecule has 0 spiro atoms. The molecule has 4 heteroatoms. The van der Waals surface area contributed by atoms with Gasteiger partial charge in [-0.15, -0.1) is 0 Å². The third-order valence-electron chi connectivity index (χ3n) is 4.66. The smallest absolute Gasteiger partial charge is 0.228 e. The zero-order valence-corrected chi connectivity index (χ0v) is 14.6. The second kappa shape index (κ2) is 8.08. The molecule has 0 unspecified atom stereocenters. The molecule has 2 aromatic rings. The Bertz CT molecular complexity index is 743. The molecule has 25 heavy (non-hydrogen) atoms.